The highest BCUT2D eigenvalue weighted by molar-refractivity contribution is 5.75. The highest BCUT2D eigenvalue weighted by Crippen LogP contribution is 1.92. The molecule has 3 heteroatoms. The maximum absolute atomic E-state index is 11.1. The van der Waals surface area contributed by atoms with Crippen LogP contribution in [0, 0.1) is 0 Å². The molecular weight excluding hydrogens is 152 g/mol. The van der Waals surface area contributed by atoms with Crippen molar-refractivity contribution in [2.45, 2.75) is 32.7 Å². The van der Waals surface area contributed by atoms with Gasteiger partial charge in [0.1, 0.15) is 0 Å². The third-order valence-electron chi connectivity index (χ3n) is 1.62. The first-order chi connectivity index (χ1) is 5.54. The molecule has 0 heterocycles. The van der Waals surface area contributed by atoms with Crippen LogP contribution in [0.4, 0.5) is 0 Å². The van der Waals surface area contributed by atoms with Crippen molar-refractivity contribution in [3.63, 3.8) is 0 Å². The van der Waals surface area contributed by atoms with Gasteiger partial charge in [-0.2, -0.15) is 0 Å². The zero-order valence-corrected chi connectivity index (χ0v) is 8.55. The number of carbonyl (C=O) groups excluding carboxylic acids is 1. The maximum atomic E-state index is 11.1. The summed E-state index contributed by atoms with van der Waals surface area (Å²) in [5, 5.41) is 3.27. The van der Waals surface area contributed by atoms with E-state index in [0.29, 0.717) is 12.5 Å². The van der Waals surface area contributed by atoms with Crippen LogP contribution < -0.4 is 5.32 Å². The standard InChI is InChI=1S/C9H20N2O/c1-8(2)10-7-5-6-9(12)11(3)4/h8,10H,5-7H2,1-4H3. The fourth-order valence-electron chi connectivity index (χ4n) is 0.854. The summed E-state index contributed by atoms with van der Waals surface area (Å²) < 4.78 is 0. The lowest BCUT2D eigenvalue weighted by Gasteiger charge is -2.11. The second-order valence-electron chi connectivity index (χ2n) is 3.50. The number of amides is 1. The molecular formula is C9H20N2O. The van der Waals surface area contributed by atoms with E-state index in [4.69, 9.17) is 0 Å². The molecule has 0 radical (unpaired) electrons. The molecule has 0 spiro atoms. The molecule has 0 aliphatic rings. The Hall–Kier alpha value is -0.570. The van der Waals surface area contributed by atoms with Gasteiger partial charge in [0.25, 0.3) is 0 Å². The largest absolute Gasteiger partial charge is 0.349 e. The second kappa shape index (κ2) is 6.00. The van der Waals surface area contributed by atoms with E-state index in [1.807, 2.05) is 0 Å². The van der Waals surface area contributed by atoms with Crippen LogP contribution in [0.5, 0.6) is 0 Å². The highest BCUT2D eigenvalue weighted by Gasteiger charge is 2.02. The first-order valence-electron chi connectivity index (χ1n) is 4.47. The molecule has 0 aromatic rings. The molecule has 1 amide bonds. The molecule has 0 atom stereocenters. The van der Waals surface area contributed by atoms with E-state index in [1.54, 1.807) is 19.0 Å². The van der Waals surface area contributed by atoms with Crippen LogP contribution in [0.15, 0.2) is 0 Å². The summed E-state index contributed by atoms with van der Waals surface area (Å²) in [5.74, 6) is 0.209. The van der Waals surface area contributed by atoms with Gasteiger partial charge in [0.05, 0.1) is 0 Å². The van der Waals surface area contributed by atoms with E-state index < -0.39 is 0 Å². The smallest absolute Gasteiger partial charge is 0.222 e. The van der Waals surface area contributed by atoms with Crippen molar-refractivity contribution in [1.82, 2.24) is 10.2 Å². The van der Waals surface area contributed by atoms with Crippen LogP contribution in [0.25, 0.3) is 0 Å². The third-order valence-corrected chi connectivity index (χ3v) is 1.62. The van der Waals surface area contributed by atoms with Crippen LogP contribution >= 0.6 is 0 Å². The van der Waals surface area contributed by atoms with Gasteiger partial charge in [0, 0.05) is 26.6 Å². The number of nitrogens with one attached hydrogen (secondary N) is 1. The van der Waals surface area contributed by atoms with Gasteiger partial charge in [-0.1, -0.05) is 13.8 Å². The SMILES string of the molecule is CC(C)NCCCC(=O)N(C)C. The Morgan fingerprint density at radius 1 is 1.42 bits per heavy atom. The van der Waals surface area contributed by atoms with Crippen LogP contribution in [0.3, 0.4) is 0 Å². The highest BCUT2D eigenvalue weighted by atomic mass is 16.2. The number of carbonyl (C=O) groups is 1. The van der Waals surface area contributed by atoms with Gasteiger partial charge < -0.3 is 10.2 Å². The predicted molar refractivity (Wildman–Crippen MR) is 51.1 cm³/mol. The van der Waals surface area contributed by atoms with E-state index in [1.165, 1.54) is 0 Å². The van der Waals surface area contributed by atoms with Crippen molar-refractivity contribution in [1.29, 1.82) is 0 Å². The van der Waals surface area contributed by atoms with E-state index in [0.717, 1.165) is 13.0 Å². The molecule has 3 nitrogen and oxygen atoms in total. The summed E-state index contributed by atoms with van der Waals surface area (Å²) in [6, 6.07) is 0.513. The van der Waals surface area contributed by atoms with Crippen molar-refractivity contribution in [2.24, 2.45) is 0 Å². The Morgan fingerprint density at radius 3 is 2.42 bits per heavy atom. The summed E-state index contributed by atoms with van der Waals surface area (Å²) in [4.78, 5) is 12.7. The van der Waals surface area contributed by atoms with Crippen LogP contribution in [0.1, 0.15) is 26.7 Å². The van der Waals surface area contributed by atoms with Crippen molar-refractivity contribution < 1.29 is 4.79 Å². The Kier molecular flexibility index (Phi) is 5.72. The molecule has 0 unspecified atom stereocenters. The van der Waals surface area contributed by atoms with Crippen LogP contribution in [0.2, 0.25) is 0 Å². The zero-order valence-electron chi connectivity index (χ0n) is 8.55. The minimum atomic E-state index is 0.209. The van der Waals surface area contributed by atoms with E-state index in [-0.39, 0.29) is 5.91 Å². The van der Waals surface area contributed by atoms with Gasteiger partial charge in [-0.05, 0) is 13.0 Å². The fraction of sp³-hybridized carbons (Fsp3) is 0.889. The zero-order chi connectivity index (χ0) is 9.56. The number of hydrogen-bond acceptors (Lipinski definition) is 2. The second-order valence-corrected chi connectivity index (χ2v) is 3.50. The lowest BCUT2D eigenvalue weighted by atomic mass is 10.2. The summed E-state index contributed by atoms with van der Waals surface area (Å²) >= 11 is 0. The van der Waals surface area contributed by atoms with Gasteiger partial charge in [0.2, 0.25) is 5.91 Å². The minimum Gasteiger partial charge on any atom is -0.349 e. The number of nitrogens with zero attached hydrogens (tertiary/aromatic N) is 1. The maximum Gasteiger partial charge on any atom is 0.222 e. The van der Waals surface area contributed by atoms with Crippen molar-refractivity contribution in [3.05, 3.63) is 0 Å². The summed E-state index contributed by atoms with van der Waals surface area (Å²) in [7, 11) is 3.58. The van der Waals surface area contributed by atoms with E-state index in [2.05, 4.69) is 19.2 Å². The van der Waals surface area contributed by atoms with Gasteiger partial charge in [-0.25, -0.2) is 0 Å². The van der Waals surface area contributed by atoms with Gasteiger partial charge in [-0.15, -0.1) is 0 Å². The lowest BCUT2D eigenvalue weighted by Crippen LogP contribution is -2.26. The predicted octanol–water partition coefficient (Wildman–Crippen LogP) is 0.853. The third kappa shape index (κ3) is 6.16. The number of rotatable bonds is 5. The first-order valence-corrected chi connectivity index (χ1v) is 4.47. The summed E-state index contributed by atoms with van der Waals surface area (Å²) in [6.07, 6.45) is 1.57. The summed E-state index contributed by atoms with van der Waals surface area (Å²) in [5.41, 5.74) is 0. The molecule has 0 aliphatic carbocycles. The first kappa shape index (κ1) is 11.4. The molecule has 0 saturated heterocycles. The molecule has 0 aliphatic heterocycles. The van der Waals surface area contributed by atoms with Gasteiger partial charge in [-0.3, -0.25) is 4.79 Å². The van der Waals surface area contributed by atoms with Crippen LogP contribution in [-0.4, -0.2) is 37.5 Å². The quantitative estimate of drug-likeness (QED) is 0.624. The van der Waals surface area contributed by atoms with Gasteiger partial charge in [0.15, 0.2) is 0 Å². The topological polar surface area (TPSA) is 32.3 Å². The van der Waals surface area contributed by atoms with Gasteiger partial charge >= 0.3 is 0 Å². The average Bonchev–Trinajstić information content (AvgIpc) is 1.97. The average molecular weight is 172 g/mol. The molecule has 72 valence electrons. The Labute approximate surface area is 75.1 Å². The molecule has 0 rings (SSSR count). The lowest BCUT2D eigenvalue weighted by molar-refractivity contribution is -0.128. The molecule has 0 aromatic carbocycles. The van der Waals surface area contributed by atoms with E-state index >= 15 is 0 Å². The number of hydrogen-bond donors (Lipinski definition) is 1. The minimum absolute atomic E-state index is 0.209. The Morgan fingerprint density at radius 2 is 2.00 bits per heavy atom. The van der Waals surface area contributed by atoms with Crippen molar-refractivity contribution in [2.75, 3.05) is 20.6 Å². The Balaban J connectivity index is 3.26. The summed E-state index contributed by atoms with van der Waals surface area (Å²) in [6.45, 7) is 5.14. The van der Waals surface area contributed by atoms with Crippen LogP contribution in [-0.2, 0) is 4.79 Å². The molecule has 0 saturated carbocycles. The normalized spacial score (nSPS) is 10.4. The monoisotopic (exact) mass is 172 g/mol. The molecule has 0 fully saturated rings. The molecule has 1 N–H and O–H groups in total. The molecule has 12 heavy (non-hydrogen) atoms. The molecule has 0 aromatic heterocycles. The van der Waals surface area contributed by atoms with Crippen molar-refractivity contribution in [3.8, 4) is 0 Å². The van der Waals surface area contributed by atoms with E-state index in [9.17, 15) is 4.79 Å². The fourth-order valence-corrected chi connectivity index (χ4v) is 0.854. The van der Waals surface area contributed by atoms with Crippen molar-refractivity contribution >= 4 is 5.91 Å². The Bertz CT molecular complexity index is 132. The molecule has 0 bridgehead atoms.